The van der Waals surface area contributed by atoms with Crippen molar-refractivity contribution in [1.29, 1.82) is 0 Å². The minimum atomic E-state index is -1.94. The molecule has 162 valence electrons. The van der Waals surface area contributed by atoms with Crippen LogP contribution in [0.15, 0.2) is 28.2 Å². The van der Waals surface area contributed by atoms with E-state index in [2.05, 4.69) is 9.98 Å². The first-order valence-electron chi connectivity index (χ1n) is 8.98. The second kappa shape index (κ2) is 6.86. The van der Waals surface area contributed by atoms with Crippen LogP contribution in [0.25, 0.3) is 0 Å². The van der Waals surface area contributed by atoms with Crippen LogP contribution in [0, 0.1) is 0 Å². The van der Waals surface area contributed by atoms with Crippen LogP contribution in [0.1, 0.15) is 17.3 Å². The second-order valence-corrected chi connectivity index (χ2v) is 8.25. The standard InChI is InChI=1S/C17H20Cl2N6O5/c1-16(28)10(30-13(27)7-3-2-4-8(18)11(7)19)5-24-14(20)22-9(6-26)12-17(16,24)25(29)15(21)23-12/h2-4,9-10,12,26,28-29H,5-6H2,1H3,(H2,20,22)(H2,21,23). The van der Waals surface area contributed by atoms with Crippen LogP contribution in [0.2, 0.25) is 10.0 Å². The third-order valence-corrected chi connectivity index (χ3v) is 6.72. The Morgan fingerprint density at radius 3 is 2.70 bits per heavy atom. The molecule has 0 radical (unpaired) electrons. The number of benzene rings is 1. The lowest BCUT2D eigenvalue weighted by Gasteiger charge is -2.51. The van der Waals surface area contributed by atoms with E-state index in [9.17, 15) is 20.2 Å². The van der Waals surface area contributed by atoms with Crippen molar-refractivity contribution in [3.05, 3.63) is 33.8 Å². The largest absolute Gasteiger partial charge is 0.454 e. The van der Waals surface area contributed by atoms with Crippen LogP contribution in [-0.4, -0.2) is 85.9 Å². The Morgan fingerprint density at radius 2 is 2.03 bits per heavy atom. The molecule has 4 rings (SSSR count). The van der Waals surface area contributed by atoms with Crippen LogP contribution in [-0.2, 0) is 4.74 Å². The number of aliphatic imine (C=N–C) groups is 2. The number of hydroxylamine groups is 2. The third kappa shape index (κ3) is 2.53. The predicted octanol–water partition coefficient (Wildman–Crippen LogP) is -0.641. The quantitative estimate of drug-likeness (QED) is 0.369. The number of rotatable bonds is 3. The number of hydrogen-bond acceptors (Lipinski definition) is 11. The summed E-state index contributed by atoms with van der Waals surface area (Å²) in [5.41, 5.74) is 8.22. The molecule has 1 aromatic carbocycles. The molecule has 0 bridgehead atoms. The van der Waals surface area contributed by atoms with Crippen LogP contribution in [0.5, 0.6) is 0 Å². The van der Waals surface area contributed by atoms with Gasteiger partial charge in [-0.3, -0.25) is 5.21 Å². The second-order valence-electron chi connectivity index (χ2n) is 7.46. The zero-order valence-electron chi connectivity index (χ0n) is 15.7. The van der Waals surface area contributed by atoms with Gasteiger partial charge < -0.3 is 31.3 Å². The molecule has 1 fully saturated rings. The van der Waals surface area contributed by atoms with Crippen LogP contribution in [0.4, 0.5) is 0 Å². The number of carbonyl (C=O) groups excluding carboxylic acids is 1. The molecule has 0 saturated carbocycles. The lowest BCUT2D eigenvalue weighted by Crippen LogP contribution is -2.76. The summed E-state index contributed by atoms with van der Waals surface area (Å²) < 4.78 is 5.57. The molecule has 3 aliphatic heterocycles. The molecule has 5 unspecified atom stereocenters. The van der Waals surface area contributed by atoms with Crippen molar-refractivity contribution >= 4 is 41.1 Å². The maximum Gasteiger partial charge on any atom is 0.340 e. The van der Waals surface area contributed by atoms with Crippen molar-refractivity contribution in [2.45, 2.75) is 36.4 Å². The first-order chi connectivity index (χ1) is 14.1. The van der Waals surface area contributed by atoms with Crippen LogP contribution < -0.4 is 11.5 Å². The van der Waals surface area contributed by atoms with E-state index in [-0.39, 0.29) is 34.1 Å². The van der Waals surface area contributed by atoms with Gasteiger partial charge in [-0.2, -0.15) is 5.06 Å². The van der Waals surface area contributed by atoms with Crippen molar-refractivity contribution in [2.24, 2.45) is 21.5 Å². The summed E-state index contributed by atoms with van der Waals surface area (Å²) in [5.74, 6) is -1.20. The predicted molar refractivity (Wildman–Crippen MR) is 107 cm³/mol. The van der Waals surface area contributed by atoms with Gasteiger partial charge in [-0.1, -0.05) is 29.3 Å². The molecule has 0 amide bonds. The fourth-order valence-electron chi connectivity index (χ4n) is 4.45. The SMILES string of the molecule is CC1(O)C(OC(=O)c2cccc(Cl)c2Cl)CN2C(N)=NC(CO)C3N=C(N)N(O)C321. The molecule has 5 atom stereocenters. The Hall–Kier alpha value is -2.31. The third-order valence-electron chi connectivity index (χ3n) is 5.90. The monoisotopic (exact) mass is 458 g/mol. The van der Waals surface area contributed by atoms with Crippen molar-refractivity contribution in [2.75, 3.05) is 13.2 Å². The van der Waals surface area contributed by atoms with E-state index in [0.29, 0.717) is 5.06 Å². The number of guanidine groups is 2. The van der Waals surface area contributed by atoms with E-state index in [1.807, 2.05) is 0 Å². The minimum Gasteiger partial charge on any atom is -0.454 e. The molecule has 0 aromatic heterocycles. The number of aliphatic hydroxyl groups is 2. The van der Waals surface area contributed by atoms with Gasteiger partial charge in [0.1, 0.15) is 17.7 Å². The zero-order chi connectivity index (χ0) is 22.0. The van der Waals surface area contributed by atoms with Gasteiger partial charge >= 0.3 is 5.97 Å². The Labute approximate surface area is 181 Å². The molecule has 30 heavy (non-hydrogen) atoms. The lowest BCUT2D eigenvalue weighted by molar-refractivity contribution is -0.228. The lowest BCUT2D eigenvalue weighted by atomic mass is 9.79. The molecular weight excluding hydrogens is 439 g/mol. The van der Waals surface area contributed by atoms with E-state index < -0.39 is 42.0 Å². The number of ether oxygens (including phenoxy) is 1. The summed E-state index contributed by atoms with van der Waals surface area (Å²) >= 11 is 12.1. The molecule has 1 saturated heterocycles. The smallest absolute Gasteiger partial charge is 0.340 e. The summed E-state index contributed by atoms with van der Waals surface area (Å²) in [5, 5.41) is 32.8. The Kier molecular flexibility index (Phi) is 4.79. The number of hydrogen-bond donors (Lipinski definition) is 5. The van der Waals surface area contributed by atoms with E-state index in [0.717, 1.165) is 0 Å². The minimum absolute atomic E-state index is 0.00854. The highest BCUT2D eigenvalue weighted by atomic mass is 35.5. The van der Waals surface area contributed by atoms with Gasteiger partial charge in [0, 0.05) is 0 Å². The van der Waals surface area contributed by atoms with Gasteiger partial charge in [0.15, 0.2) is 12.1 Å². The van der Waals surface area contributed by atoms with Gasteiger partial charge in [0.25, 0.3) is 0 Å². The fourth-order valence-corrected chi connectivity index (χ4v) is 4.83. The van der Waals surface area contributed by atoms with E-state index in [1.165, 1.54) is 30.0 Å². The number of nitrogens with zero attached hydrogens (tertiary/aromatic N) is 4. The average molecular weight is 459 g/mol. The summed E-state index contributed by atoms with van der Waals surface area (Å²) in [4.78, 5) is 22.5. The number of esters is 1. The van der Waals surface area contributed by atoms with E-state index in [1.54, 1.807) is 0 Å². The molecule has 13 heteroatoms. The summed E-state index contributed by atoms with van der Waals surface area (Å²) in [6, 6.07) is 2.63. The number of halogens is 2. The highest BCUT2D eigenvalue weighted by molar-refractivity contribution is 6.43. The van der Waals surface area contributed by atoms with Gasteiger partial charge in [-0.25, -0.2) is 14.8 Å². The molecule has 3 aliphatic rings. The van der Waals surface area contributed by atoms with Crippen molar-refractivity contribution in [3.8, 4) is 0 Å². The first kappa shape index (κ1) is 20.9. The van der Waals surface area contributed by atoms with Gasteiger partial charge in [-0.15, -0.1) is 0 Å². The van der Waals surface area contributed by atoms with Gasteiger partial charge in [0.2, 0.25) is 11.6 Å². The maximum absolute atomic E-state index is 12.8. The summed E-state index contributed by atoms with van der Waals surface area (Å²) in [6.45, 7) is 0.785. The van der Waals surface area contributed by atoms with Crippen molar-refractivity contribution in [1.82, 2.24) is 9.96 Å². The number of nitrogens with two attached hydrogens (primary N) is 2. The Morgan fingerprint density at radius 1 is 1.33 bits per heavy atom. The topological polar surface area (TPSA) is 170 Å². The average Bonchev–Trinajstić information content (AvgIpc) is 3.10. The number of carbonyl (C=O) groups is 1. The van der Waals surface area contributed by atoms with Crippen molar-refractivity contribution < 1.29 is 25.0 Å². The Balaban J connectivity index is 1.74. The summed E-state index contributed by atoms with van der Waals surface area (Å²) in [6.07, 6.45) is -1.19. The van der Waals surface area contributed by atoms with Crippen molar-refractivity contribution in [3.63, 3.8) is 0 Å². The molecular formula is C17H20Cl2N6O5. The van der Waals surface area contributed by atoms with Crippen LogP contribution >= 0.6 is 23.2 Å². The molecule has 0 aliphatic carbocycles. The van der Waals surface area contributed by atoms with E-state index >= 15 is 0 Å². The number of aliphatic hydroxyl groups excluding tert-OH is 1. The van der Waals surface area contributed by atoms with E-state index in [4.69, 9.17) is 39.4 Å². The molecule has 7 N–H and O–H groups in total. The van der Waals surface area contributed by atoms with Gasteiger partial charge in [0.05, 0.1) is 28.8 Å². The fraction of sp³-hybridized carbons (Fsp3) is 0.471. The Bertz CT molecular complexity index is 972. The molecule has 11 nitrogen and oxygen atoms in total. The normalized spacial score (nSPS) is 34.9. The maximum atomic E-state index is 12.8. The molecule has 1 aromatic rings. The molecule has 1 spiro atoms. The first-order valence-corrected chi connectivity index (χ1v) is 9.74. The highest BCUT2D eigenvalue weighted by Gasteiger charge is 2.75. The van der Waals surface area contributed by atoms with Gasteiger partial charge in [-0.05, 0) is 19.1 Å². The van der Waals surface area contributed by atoms with Crippen LogP contribution in [0.3, 0.4) is 0 Å². The zero-order valence-corrected chi connectivity index (χ0v) is 17.2. The molecule has 3 heterocycles. The summed E-state index contributed by atoms with van der Waals surface area (Å²) in [7, 11) is 0. The highest BCUT2D eigenvalue weighted by Crippen LogP contribution is 2.50.